The van der Waals surface area contributed by atoms with Gasteiger partial charge < -0.3 is 19.1 Å². The molecular formula is C26H21ClN4O3. The molecule has 170 valence electrons. The smallest absolute Gasteiger partial charge is 0.336 e. The number of para-hydroxylation sites is 4. The van der Waals surface area contributed by atoms with Crippen molar-refractivity contribution in [3.63, 3.8) is 0 Å². The number of H-pyrrole nitrogens is 2. The fourth-order valence-corrected chi connectivity index (χ4v) is 3.82. The number of hydrogen-bond donors (Lipinski definition) is 2. The molecular weight excluding hydrogens is 452 g/mol. The molecule has 0 spiro atoms. The van der Waals surface area contributed by atoms with E-state index in [-0.39, 0.29) is 5.63 Å². The van der Waals surface area contributed by atoms with E-state index < -0.39 is 0 Å². The molecule has 8 heteroatoms. The van der Waals surface area contributed by atoms with E-state index in [1.54, 1.807) is 6.07 Å². The highest BCUT2D eigenvalue weighted by Crippen LogP contribution is 2.23. The molecule has 6 rings (SSSR count). The molecule has 0 radical (unpaired) electrons. The Balaban J connectivity index is 0.000000183. The first-order valence-electron chi connectivity index (χ1n) is 10.7. The van der Waals surface area contributed by atoms with Crippen LogP contribution in [-0.2, 0) is 12.5 Å². The Morgan fingerprint density at radius 3 is 2.21 bits per heavy atom. The van der Waals surface area contributed by atoms with Gasteiger partial charge in [-0.3, -0.25) is 0 Å². The van der Waals surface area contributed by atoms with Crippen LogP contribution in [0.15, 0.2) is 82.0 Å². The SMILES string of the molecule is Cc1cc(=O)oc2cc(OCc3nc4ccccc4[nH]3)ccc12.ClCc1nc2ccccc2[nH]1. The predicted octanol–water partition coefficient (Wildman–Crippen LogP) is 5.86. The van der Waals surface area contributed by atoms with Crippen molar-refractivity contribution in [2.75, 3.05) is 0 Å². The van der Waals surface area contributed by atoms with Crippen LogP contribution in [0.3, 0.4) is 0 Å². The maximum atomic E-state index is 11.5. The van der Waals surface area contributed by atoms with Gasteiger partial charge in [0.15, 0.2) is 0 Å². The Morgan fingerprint density at radius 1 is 0.882 bits per heavy atom. The van der Waals surface area contributed by atoms with Gasteiger partial charge >= 0.3 is 5.63 Å². The van der Waals surface area contributed by atoms with Crippen LogP contribution in [0.4, 0.5) is 0 Å². The molecule has 0 aliphatic heterocycles. The molecule has 7 nitrogen and oxygen atoms in total. The van der Waals surface area contributed by atoms with E-state index in [0.717, 1.165) is 44.7 Å². The zero-order chi connectivity index (χ0) is 23.5. The zero-order valence-electron chi connectivity index (χ0n) is 18.3. The maximum absolute atomic E-state index is 11.5. The topological polar surface area (TPSA) is 96.8 Å². The number of aromatic amines is 2. The van der Waals surface area contributed by atoms with Crippen molar-refractivity contribution in [3.8, 4) is 5.75 Å². The first-order valence-corrected chi connectivity index (χ1v) is 11.2. The third-order valence-electron chi connectivity index (χ3n) is 5.30. The highest BCUT2D eigenvalue weighted by molar-refractivity contribution is 6.16. The van der Waals surface area contributed by atoms with Gasteiger partial charge in [0.2, 0.25) is 0 Å². The largest absolute Gasteiger partial charge is 0.486 e. The summed E-state index contributed by atoms with van der Waals surface area (Å²) in [6, 6.07) is 22.7. The molecule has 2 N–H and O–H groups in total. The number of benzene rings is 3. The van der Waals surface area contributed by atoms with Crippen LogP contribution < -0.4 is 10.4 Å². The molecule has 3 aromatic carbocycles. The summed E-state index contributed by atoms with van der Waals surface area (Å²) in [5.74, 6) is 2.64. The van der Waals surface area contributed by atoms with Gasteiger partial charge in [0.25, 0.3) is 0 Å². The molecule has 3 heterocycles. The van der Waals surface area contributed by atoms with Gasteiger partial charge in [-0.2, -0.15) is 0 Å². The second-order valence-electron chi connectivity index (χ2n) is 7.73. The molecule has 0 bridgehead atoms. The van der Waals surface area contributed by atoms with E-state index in [1.165, 1.54) is 6.07 Å². The molecule has 0 saturated heterocycles. The number of fused-ring (bicyclic) bond motifs is 3. The second kappa shape index (κ2) is 9.41. The first kappa shape index (κ1) is 21.7. The lowest BCUT2D eigenvalue weighted by atomic mass is 10.1. The van der Waals surface area contributed by atoms with E-state index in [9.17, 15) is 4.79 Å². The Labute approximate surface area is 199 Å². The molecule has 0 aliphatic rings. The average molecular weight is 473 g/mol. The Kier molecular flexibility index (Phi) is 6.01. The zero-order valence-corrected chi connectivity index (χ0v) is 19.1. The summed E-state index contributed by atoms with van der Waals surface area (Å²) < 4.78 is 11.0. The molecule has 6 aromatic rings. The van der Waals surface area contributed by atoms with Crippen molar-refractivity contribution in [2.24, 2.45) is 0 Å². The van der Waals surface area contributed by atoms with Crippen molar-refractivity contribution in [1.29, 1.82) is 0 Å². The van der Waals surface area contributed by atoms with E-state index in [4.69, 9.17) is 20.8 Å². The van der Waals surface area contributed by atoms with Crippen molar-refractivity contribution in [2.45, 2.75) is 19.4 Å². The minimum atomic E-state index is -0.357. The lowest BCUT2D eigenvalue weighted by Gasteiger charge is -2.06. The molecule has 0 unspecified atom stereocenters. The van der Waals surface area contributed by atoms with Crippen LogP contribution in [0.1, 0.15) is 17.2 Å². The van der Waals surface area contributed by atoms with Crippen LogP contribution in [0.25, 0.3) is 33.0 Å². The van der Waals surface area contributed by atoms with Gasteiger partial charge in [-0.1, -0.05) is 24.3 Å². The highest BCUT2D eigenvalue weighted by atomic mass is 35.5. The van der Waals surface area contributed by atoms with Crippen LogP contribution in [0.2, 0.25) is 0 Å². The third-order valence-corrected chi connectivity index (χ3v) is 5.55. The van der Waals surface area contributed by atoms with E-state index >= 15 is 0 Å². The Morgan fingerprint density at radius 2 is 1.53 bits per heavy atom. The number of hydrogen-bond acceptors (Lipinski definition) is 5. The fourth-order valence-electron chi connectivity index (χ4n) is 3.69. The number of imidazole rings is 2. The van der Waals surface area contributed by atoms with Crippen LogP contribution in [-0.4, -0.2) is 19.9 Å². The van der Waals surface area contributed by atoms with Crippen molar-refractivity contribution >= 4 is 44.6 Å². The summed E-state index contributed by atoms with van der Waals surface area (Å²) in [6.45, 7) is 2.20. The van der Waals surface area contributed by atoms with Gasteiger partial charge in [0, 0.05) is 17.5 Å². The number of ether oxygens (including phenoxy) is 1. The lowest BCUT2D eigenvalue weighted by molar-refractivity contribution is 0.297. The molecule has 0 amide bonds. The predicted molar refractivity (Wildman–Crippen MR) is 133 cm³/mol. The van der Waals surface area contributed by atoms with Gasteiger partial charge in [0.1, 0.15) is 29.6 Å². The summed E-state index contributed by atoms with van der Waals surface area (Å²) in [6.07, 6.45) is 0. The number of aryl methyl sites for hydroxylation is 1. The lowest BCUT2D eigenvalue weighted by Crippen LogP contribution is -2.00. The number of rotatable bonds is 4. The van der Waals surface area contributed by atoms with E-state index in [2.05, 4.69) is 19.9 Å². The molecule has 34 heavy (non-hydrogen) atoms. The number of nitrogens with one attached hydrogen (secondary N) is 2. The van der Waals surface area contributed by atoms with Crippen molar-refractivity contribution in [1.82, 2.24) is 19.9 Å². The van der Waals surface area contributed by atoms with Crippen LogP contribution >= 0.6 is 11.6 Å². The maximum Gasteiger partial charge on any atom is 0.336 e. The highest BCUT2D eigenvalue weighted by Gasteiger charge is 2.06. The van der Waals surface area contributed by atoms with Crippen molar-refractivity contribution in [3.05, 3.63) is 100 Å². The van der Waals surface area contributed by atoms with Crippen LogP contribution in [0, 0.1) is 6.92 Å². The van der Waals surface area contributed by atoms with Gasteiger partial charge in [-0.15, -0.1) is 11.6 Å². The molecule has 3 aromatic heterocycles. The standard InChI is InChI=1S/C18H14N2O3.C8H7ClN2/c1-11-8-18(21)23-16-9-12(6-7-13(11)16)22-10-17-19-14-4-2-3-5-15(14)20-17;9-5-8-10-6-3-1-2-4-7(6)11-8/h2-9H,10H2,1H3,(H,19,20);1-4H,5H2,(H,10,11). The first-order chi connectivity index (χ1) is 16.6. The molecule has 0 saturated carbocycles. The monoisotopic (exact) mass is 472 g/mol. The van der Waals surface area contributed by atoms with Crippen molar-refractivity contribution < 1.29 is 9.15 Å². The summed E-state index contributed by atoms with van der Waals surface area (Å²) in [5, 5.41) is 0.903. The van der Waals surface area contributed by atoms with Gasteiger partial charge in [0.05, 0.1) is 27.9 Å². The minimum Gasteiger partial charge on any atom is -0.486 e. The number of halogens is 1. The number of alkyl halides is 1. The summed E-state index contributed by atoms with van der Waals surface area (Å²) in [5.41, 5.74) is 4.96. The normalized spacial score (nSPS) is 11.0. The van der Waals surface area contributed by atoms with Gasteiger partial charge in [-0.25, -0.2) is 14.8 Å². The van der Waals surface area contributed by atoms with Gasteiger partial charge in [-0.05, 0) is 48.9 Å². The summed E-state index contributed by atoms with van der Waals surface area (Å²) >= 11 is 5.60. The summed E-state index contributed by atoms with van der Waals surface area (Å²) in [4.78, 5) is 26.5. The fraction of sp³-hybridized carbons (Fsp3) is 0.115. The quantitative estimate of drug-likeness (QED) is 0.247. The number of aromatic nitrogens is 4. The van der Waals surface area contributed by atoms with E-state index in [0.29, 0.717) is 23.8 Å². The Bertz CT molecular complexity index is 1580. The summed E-state index contributed by atoms with van der Waals surface area (Å²) in [7, 11) is 0. The number of nitrogens with zero attached hydrogens (tertiary/aromatic N) is 2. The molecule has 0 atom stereocenters. The third kappa shape index (κ3) is 4.65. The molecule has 0 fully saturated rings. The second-order valence-corrected chi connectivity index (χ2v) is 8.00. The van der Waals surface area contributed by atoms with Crippen LogP contribution in [0.5, 0.6) is 5.75 Å². The van der Waals surface area contributed by atoms with E-state index in [1.807, 2.05) is 67.6 Å². The average Bonchev–Trinajstić information content (AvgIpc) is 3.46. The minimum absolute atomic E-state index is 0.316. The Hall–Kier alpha value is -4.10. The molecule has 0 aliphatic carbocycles.